The van der Waals surface area contributed by atoms with Crippen LogP contribution in [-0.2, 0) is 18.3 Å². The Morgan fingerprint density at radius 2 is 2.62 bits per heavy atom. The van der Waals surface area contributed by atoms with Crippen molar-refractivity contribution in [2.24, 2.45) is 7.05 Å². The summed E-state index contributed by atoms with van der Waals surface area (Å²) in [6.07, 6.45) is 3.80. The van der Waals surface area contributed by atoms with Gasteiger partial charge in [0.05, 0.1) is 0 Å². The van der Waals surface area contributed by atoms with Gasteiger partial charge in [-0.3, -0.25) is 9.48 Å². The highest BCUT2D eigenvalue weighted by molar-refractivity contribution is 5.86. The summed E-state index contributed by atoms with van der Waals surface area (Å²) in [6, 6.07) is 1.93. The molecule has 0 aromatic carbocycles. The number of nitrogens with one attached hydrogen (secondary N) is 1. The molecule has 0 aliphatic rings. The average Bonchev–Trinajstić information content (AvgIpc) is 2.52. The van der Waals surface area contributed by atoms with Crippen LogP contribution in [0.25, 0.3) is 0 Å². The highest BCUT2D eigenvalue weighted by Crippen LogP contribution is 1.95. The van der Waals surface area contributed by atoms with Gasteiger partial charge in [-0.2, -0.15) is 5.10 Å². The Labute approximate surface area is 77.3 Å². The van der Waals surface area contributed by atoms with Crippen molar-refractivity contribution >= 4 is 5.91 Å². The molecule has 0 atom stereocenters. The molecule has 0 saturated carbocycles. The van der Waals surface area contributed by atoms with Crippen LogP contribution in [0.5, 0.6) is 0 Å². The van der Waals surface area contributed by atoms with Crippen molar-refractivity contribution in [1.82, 2.24) is 15.1 Å². The van der Waals surface area contributed by atoms with Crippen LogP contribution in [-0.4, -0.2) is 22.2 Å². The van der Waals surface area contributed by atoms with Crippen molar-refractivity contribution in [3.8, 4) is 0 Å². The highest BCUT2D eigenvalue weighted by Gasteiger charge is 1.98. The van der Waals surface area contributed by atoms with Crippen LogP contribution in [0.1, 0.15) is 5.69 Å². The second kappa shape index (κ2) is 4.45. The van der Waals surface area contributed by atoms with Gasteiger partial charge < -0.3 is 5.32 Å². The van der Waals surface area contributed by atoms with Crippen LogP contribution in [0.3, 0.4) is 0 Å². The number of aryl methyl sites for hydroxylation is 1. The molecule has 1 rings (SSSR count). The zero-order valence-corrected chi connectivity index (χ0v) is 7.66. The molecule has 1 heterocycles. The Morgan fingerprint density at radius 1 is 1.85 bits per heavy atom. The Bertz CT molecular complexity index is 304. The largest absolute Gasteiger partial charge is 0.352 e. The molecule has 0 radical (unpaired) electrons. The van der Waals surface area contributed by atoms with Crippen LogP contribution >= 0.6 is 0 Å². The number of carbonyl (C=O) groups excluding carboxylic acids is 1. The Balaban J connectivity index is 2.32. The minimum Gasteiger partial charge on any atom is -0.352 e. The van der Waals surface area contributed by atoms with Gasteiger partial charge in [-0.15, -0.1) is 0 Å². The molecular formula is C9H13N3O. The Hall–Kier alpha value is -1.58. The van der Waals surface area contributed by atoms with Crippen LogP contribution in [0, 0.1) is 0 Å². The first-order valence-electron chi connectivity index (χ1n) is 4.11. The van der Waals surface area contributed by atoms with Gasteiger partial charge in [-0.1, -0.05) is 6.58 Å². The molecule has 4 nitrogen and oxygen atoms in total. The van der Waals surface area contributed by atoms with Crippen molar-refractivity contribution in [3.05, 3.63) is 30.6 Å². The smallest absolute Gasteiger partial charge is 0.243 e. The third kappa shape index (κ3) is 2.74. The van der Waals surface area contributed by atoms with E-state index in [2.05, 4.69) is 17.0 Å². The van der Waals surface area contributed by atoms with Gasteiger partial charge in [-0.25, -0.2) is 0 Å². The second-order valence-electron chi connectivity index (χ2n) is 2.69. The molecular weight excluding hydrogens is 166 g/mol. The number of hydrogen-bond donors (Lipinski definition) is 1. The number of hydrogen-bond acceptors (Lipinski definition) is 2. The van der Waals surface area contributed by atoms with Crippen LogP contribution in [0.15, 0.2) is 24.9 Å². The molecule has 0 aliphatic carbocycles. The van der Waals surface area contributed by atoms with E-state index in [9.17, 15) is 4.79 Å². The molecule has 0 fully saturated rings. The summed E-state index contributed by atoms with van der Waals surface area (Å²) in [5.74, 6) is -0.137. The molecule has 0 saturated heterocycles. The fraction of sp³-hybridized carbons (Fsp3) is 0.333. The molecule has 1 amide bonds. The lowest BCUT2D eigenvalue weighted by Crippen LogP contribution is -2.23. The van der Waals surface area contributed by atoms with Gasteiger partial charge in [0.2, 0.25) is 5.91 Å². The molecule has 0 aliphatic heterocycles. The summed E-state index contributed by atoms with van der Waals surface area (Å²) in [5, 5.41) is 6.72. The molecule has 13 heavy (non-hydrogen) atoms. The van der Waals surface area contributed by atoms with E-state index in [4.69, 9.17) is 0 Å². The number of aromatic nitrogens is 2. The maximum atomic E-state index is 10.8. The number of amides is 1. The van der Waals surface area contributed by atoms with E-state index in [0.29, 0.717) is 6.54 Å². The summed E-state index contributed by atoms with van der Waals surface area (Å²) in [7, 11) is 1.88. The average molecular weight is 179 g/mol. The van der Waals surface area contributed by atoms with E-state index in [1.807, 2.05) is 13.1 Å². The SMILES string of the molecule is C=CC(=O)NCCc1ccnn1C. The molecule has 70 valence electrons. The van der Waals surface area contributed by atoms with Crippen molar-refractivity contribution in [3.63, 3.8) is 0 Å². The van der Waals surface area contributed by atoms with Gasteiger partial charge in [0, 0.05) is 31.9 Å². The first-order valence-corrected chi connectivity index (χ1v) is 4.11. The zero-order chi connectivity index (χ0) is 9.68. The Morgan fingerprint density at radius 3 is 3.15 bits per heavy atom. The van der Waals surface area contributed by atoms with Gasteiger partial charge in [0.15, 0.2) is 0 Å². The first kappa shape index (κ1) is 9.51. The fourth-order valence-electron chi connectivity index (χ4n) is 1.03. The zero-order valence-electron chi connectivity index (χ0n) is 7.66. The van der Waals surface area contributed by atoms with E-state index in [1.165, 1.54) is 6.08 Å². The third-order valence-corrected chi connectivity index (χ3v) is 1.79. The lowest BCUT2D eigenvalue weighted by Gasteiger charge is -2.02. The van der Waals surface area contributed by atoms with Gasteiger partial charge in [0.25, 0.3) is 0 Å². The minimum absolute atomic E-state index is 0.137. The summed E-state index contributed by atoms with van der Waals surface area (Å²) >= 11 is 0. The molecule has 1 N–H and O–H groups in total. The summed E-state index contributed by atoms with van der Waals surface area (Å²) < 4.78 is 1.79. The predicted octanol–water partition coefficient (Wildman–Crippen LogP) is 0.265. The molecule has 0 unspecified atom stereocenters. The van der Waals surface area contributed by atoms with Crippen molar-refractivity contribution < 1.29 is 4.79 Å². The van der Waals surface area contributed by atoms with E-state index in [-0.39, 0.29) is 5.91 Å². The van der Waals surface area contributed by atoms with E-state index in [0.717, 1.165) is 12.1 Å². The third-order valence-electron chi connectivity index (χ3n) is 1.79. The van der Waals surface area contributed by atoms with Crippen molar-refractivity contribution in [2.45, 2.75) is 6.42 Å². The predicted molar refractivity (Wildman–Crippen MR) is 50.1 cm³/mol. The first-order chi connectivity index (χ1) is 6.24. The maximum Gasteiger partial charge on any atom is 0.243 e. The molecule has 1 aromatic rings. The molecule has 0 spiro atoms. The topological polar surface area (TPSA) is 46.9 Å². The summed E-state index contributed by atoms with van der Waals surface area (Å²) in [5.41, 5.74) is 1.10. The lowest BCUT2D eigenvalue weighted by atomic mass is 10.3. The molecule has 4 heteroatoms. The van der Waals surface area contributed by atoms with E-state index < -0.39 is 0 Å². The highest BCUT2D eigenvalue weighted by atomic mass is 16.1. The summed E-state index contributed by atoms with van der Waals surface area (Å²) in [4.78, 5) is 10.8. The van der Waals surface area contributed by atoms with Gasteiger partial charge in [0.1, 0.15) is 0 Å². The number of rotatable bonds is 4. The Kier molecular flexibility index (Phi) is 3.25. The molecule has 0 bridgehead atoms. The second-order valence-corrected chi connectivity index (χ2v) is 2.69. The van der Waals surface area contributed by atoms with E-state index >= 15 is 0 Å². The minimum atomic E-state index is -0.137. The van der Waals surface area contributed by atoms with Crippen LogP contribution in [0.2, 0.25) is 0 Å². The monoisotopic (exact) mass is 179 g/mol. The number of carbonyl (C=O) groups is 1. The normalized spacial score (nSPS) is 9.62. The van der Waals surface area contributed by atoms with Gasteiger partial charge >= 0.3 is 0 Å². The van der Waals surface area contributed by atoms with Crippen LogP contribution < -0.4 is 5.32 Å². The summed E-state index contributed by atoms with van der Waals surface area (Å²) in [6.45, 7) is 3.98. The van der Waals surface area contributed by atoms with Crippen LogP contribution in [0.4, 0.5) is 0 Å². The molecule has 1 aromatic heterocycles. The standard InChI is InChI=1S/C9H13N3O/c1-3-9(13)10-6-4-8-5-7-11-12(8)2/h3,5,7H,1,4,6H2,2H3,(H,10,13). The quantitative estimate of drug-likeness (QED) is 0.674. The number of nitrogens with zero attached hydrogens (tertiary/aromatic N) is 2. The van der Waals surface area contributed by atoms with Crippen molar-refractivity contribution in [2.75, 3.05) is 6.54 Å². The van der Waals surface area contributed by atoms with Gasteiger partial charge in [-0.05, 0) is 12.1 Å². The van der Waals surface area contributed by atoms with E-state index in [1.54, 1.807) is 10.9 Å². The lowest BCUT2D eigenvalue weighted by molar-refractivity contribution is -0.116. The maximum absolute atomic E-state index is 10.8. The fourth-order valence-corrected chi connectivity index (χ4v) is 1.03. The van der Waals surface area contributed by atoms with Crippen molar-refractivity contribution in [1.29, 1.82) is 0 Å².